The van der Waals surface area contributed by atoms with Crippen LogP contribution in [0.2, 0.25) is 0 Å². The van der Waals surface area contributed by atoms with E-state index in [9.17, 15) is 18.0 Å². The Morgan fingerprint density at radius 2 is 2.00 bits per heavy atom. The molecule has 0 heterocycles. The van der Waals surface area contributed by atoms with Gasteiger partial charge < -0.3 is 10.8 Å². The molecule has 0 bridgehead atoms. The molecule has 0 unspecified atom stereocenters. The van der Waals surface area contributed by atoms with Crippen molar-refractivity contribution in [2.75, 3.05) is 6.54 Å². The number of hydrogen-bond acceptors (Lipinski definition) is 2. The number of carbonyl (C=O) groups is 1. The molecule has 1 atom stereocenters. The molecule has 0 aliphatic heterocycles. The van der Waals surface area contributed by atoms with Gasteiger partial charge in [-0.05, 0) is 0 Å². The summed E-state index contributed by atoms with van der Waals surface area (Å²) in [6, 6.07) is 0. The van der Waals surface area contributed by atoms with E-state index in [0.29, 0.717) is 0 Å². The quantitative estimate of drug-likeness (QED) is 0.602. The fourth-order valence-corrected chi connectivity index (χ4v) is 0.374. The molecule has 10 heavy (non-hydrogen) atoms. The Kier molecular flexibility index (Phi) is 2.65. The third kappa shape index (κ3) is 2.22. The Bertz CT molecular complexity index is 133. The van der Waals surface area contributed by atoms with E-state index in [0.717, 1.165) is 0 Å². The number of aliphatic carboxylic acids is 1. The lowest BCUT2D eigenvalue weighted by molar-refractivity contribution is -0.191. The monoisotopic (exact) mass is 157 g/mol. The first kappa shape index (κ1) is 9.22. The van der Waals surface area contributed by atoms with Gasteiger partial charge in [0.05, 0.1) is 0 Å². The molecule has 0 aliphatic rings. The summed E-state index contributed by atoms with van der Waals surface area (Å²) < 4.78 is 34.5. The minimum absolute atomic E-state index is 0.918. The average Bonchev–Trinajstić information content (AvgIpc) is 1.60. The number of carboxylic acid groups (broad SMARTS) is 1. The van der Waals surface area contributed by atoms with E-state index < -0.39 is 24.6 Å². The Morgan fingerprint density at radius 1 is 1.60 bits per heavy atom. The second-order valence-electron chi connectivity index (χ2n) is 1.67. The predicted octanol–water partition coefficient (Wildman–Crippen LogP) is 0.208. The van der Waals surface area contributed by atoms with Crippen LogP contribution in [0.3, 0.4) is 0 Å². The fraction of sp³-hybridized carbons (Fsp3) is 0.750. The summed E-state index contributed by atoms with van der Waals surface area (Å²) in [5, 5.41) is 7.91. The van der Waals surface area contributed by atoms with Crippen LogP contribution in [-0.2, 0) is 4.79 Å². The Morgan fingerprint density at radius 3 is 2.00 bits per heavy atom. The molecule has 3 nitrogen and oxygen atoms in total. The van der Waals surface area contributed by atoms with Gasteiger partial charge in [-0.25, -0.2) is 0 Å². The lowest BCUT2D eigenvalue weighted by Crippen LogP contribution is -2.36. The smallest absolute Gasteiger partial charge is 0.403 e. The SMILES string of the molecule is NC[C@H](C(=O)O)C(F)(F)F. The number of hydrogen-bond donors (Lipinski definition) is 2. The van der Waals surface area contributed by atoms with Crippen molar-refractivity contribution in [2.24, 2.45) is 11.7 Å². The van der Waals surface area contributed by atoms with Crippen molar-refractivity contribution < 1.29 is 23.1 Å². The minimum atomic E-state index is -4.74. The standard InChI is InChI=1S/C4H6F3NO2/c5-4(6,7)2(1-8)3(9)10/h2H,1,8H2,(H,9,10)/t2-/m1/s1. The van der Waals surface area contributed by atoms with Gasteiger partial charge in [-0.3, -0.25) is 4.79 Å². The van der Waals surface area contributed by atoms with E-state index in [2.05, 4.69) is 5.73 Å². The summed E-state index contributed by atoms with van der Waals surface area (Å²) in [6.45, 7) is -0.918. The molecule has 60 valence electrons. The summed E-state index contributed by atoms with van der Waals surface area (Å²) in [4.78, 5) is 9.78. The highest BCUT2D eigenvalue weighted by molar-refractivity contribution is 5.71. The van der Waals surface area contributed by atoms with Gasteiger partial charge in [0.15, 0.2) is 5.92 Å². The van der Waals surface area contributed by atoms with Gasteiger partial charge in [-0.15, -0.1) is 0 Å². The van der Waals surface area contributed by atoms with E-state index in [4.69, 9.17) is 5.11 Å². The average molecular weight is 157 g/mol. The van der Waals surface area contributed by atoms with Crippen molar-refractivity contribution in [1.29, 1.82) is 0 Å². The third-order valence-corrected chi connectivity index (χ3v) is 0.929. The number of nitrogens with two attached hydrogens (primary N) is 1. The maximum atomic E-state index is 11.5. The van der Waals surface area contributed by atoms with Crippen LogP contribution in [0.15, 0.2) is 0 Å². The van der Waals surface area contributed by atoms with Gasteiger partial charge >= 0.3 is 12.1 Å². The first-order valence-corrected chi connectivity index (χ1v) is 2.39. The lowest BCUT2D eigenvalue weighted by atomic mass is 10.1. The largest absolute Gasteiger partial charge is 0.481 e. The molecular formula is C4H6F3NO2. The van der Waals surface area contributed by atoms with Crippen molar-refractivity contribution in [3.05, 3.63) is 0 Å². The summed E-state index contributed by atoms with van der Waals surface area (Å²) in [5.74, 6) is -4.37. The van der Waals surface area contributed by atoms with Crippen LogP contribution in [0.4, 0.5) is 13.2 Å². The van der Waals surface area contributed by atoms with Gasteiger partial charge in [0, 0.05) is 6.54 Å². The molecule has 0 aromatic carbocycles. The van der Waals surface area contributed by atoms with Gasteiger partial charge in [0.25, 0.3) is 0 Å². The van der Waals surface area contributed by atoms with E-state index in [1.165, 1.54) is 0 Å². The van der Waals surface area contributed by atoms with Crippen LogP contribution in [0, 0.1) is 5.92 Å². The number of carboxylic acids is 1. The van der Waals surface area contributed by atoms with Crippen LogP contribution < -0.4 is 5.73 Å². The van der Waals surface area contributed by atoms with E-state index >= 15 is 0 Å². The second-order valence-corrected chi connectivity index (χ2v) is 1.67. The molecule has 0 spiro atoms. The molecule has 0 aromatic heterocycles. The van der Waals surface area contributed by atoms with E-state index in [-0.39, 0.29) is 0 Å². The van der Waals surface area contributed by atoms with E-state index in [1.807, 2.05) is 0 Å². The van der Waals surface area contributed by atoms with Crippen LogP contribution in [0.5, 0.6) is 0 Å². The molecule has 3 N–H and O–H groups in total. The van der Waals surface area contributed by atoms with Gasteiger partial charge in [0.2, 0.25) is 0 Å². The topological polar surface area (TPSA) is 63.3 Å². The molecule has 0 aromatic rings. The molecule has 0 amide bonds. The summed E-state index contributed by atoms with van der Waals surface area (Å²) in [7, 11) is 0. The molecule has 0 saturated carbocycles. The first-order chi connectivity index (χ1) is 4.39. The minimum Gasteiger partial charge on any atom is -0.481 e. The highest BCUT2D eigenvalue weighted by atomic mass is 19.4. The number of alkyl halides is 3. The first-order valence-electron chi connectivity index (χ1n) is 2.39. The zero-order valence-corrected chi connectivity index (χ0v) is 4.85. The molecule has 0 saturated heterocycles. The van der Waals surface area contributed by atoms with Gasteiger partial charge in [-0.2, -0.15) is 13.2 Å². The summed E-state index contributed by atoms with van der Waals surface area (Å²) >= 11 is 0. The molecule has 6 heteroatoms. The van der Waals surface area contributed by atoms with Crippen molar-refractivity contribution >= 4 is 5.97 Å². The van der Waals surface area contributed by atoms with Crippen molar-refractivity contribution in [3.63, 3.8) is 0 Å². The fourth-order valence-electron chi connectivity index (χ4n) is 0.374. The number of rotatable bonds is 2. The Labute approximate surface area is 54.6 Å². The maximum absolute atomic E-state index is 11.5. The zero-order chi connectivity index (χ0) is 8.36. The highest BCUT2D eigenvalue weighted by Gasteiger charge is 2.43. The second kappa shape index (κ2) is 2.87. The van der Waals surface area contributed by atoms with Gasteiger partial charge in [0.1, 0.15) is 0 Å². The Hall–Kier alpha value is -0.780. The molecule has 0 rings (SSSR count). The van der Waals surface area contributed by atoms with Crippen molar-refractivity contribution in [1.82, 2.24) is 0 Å². The maximum Gasteiger partial charge on any atom is 0.403 e. The van der Waals surface area contributed by atoms with Gasteiger partial charge in [-0.1, -0.05) is 0 Å². The number of halogens is 3. The van der Waals surface area contributed by atoms with Crippen molar-refractivity contribution in [3.8, 4) is 0 Å². The Balaban J connectivity index is 4.22. The third-order valence-electron chi connectivity index (χ3n) is 0.929. The normalized spacial score (nSPS) is 14.8. The van der Waals surface area contributed by atoms with Crippen molar-refractivity contribution in [2.45, 2.75) is 6.18 Å². The lowest BCUT2D eigenvalue weighted by Gasteiger charge is -2.12. The molecular weight excluding hydrogens is 151 g/mol. The highest BCUT2D eigenvalue weighted by Crippen LogP contribution is 2.25. The zero-order valence-electron chi connectivity index (χ0n) is 4.85. The van der Waals surface area contributed by atoms with Crippen LogP contribution >= 0.6 is 0 Å². The van der Waals surface area contributed by atoms with Crippen LogP contribution in [0.25, 0.3) is 0 Å². The molecule has 0 aliphatic carbocycles. The molecule has 0 radical (unpaired) electrons. The van der Waals surface area contributed by atoms with Crippen LogP contribution in [0.1, 0.15) is 0 Å². The summed E-state index contributed by atoms with van der Waals surface area (Å²) in [5.41, 5.74) is 4.56. The van der Waals surface area contributed by atoms with E-state index in [1.54, 1.807) is 0 Å². The summed E-state index contributed by atoms with van der Waals surface area (Å²) in [6.07, 6.45) is -4.74. The van der Waals surface area contributed by atoms with Crippen LogP contribution in [-0.4, -0.2) is 23.8 Å². The molecule has 0 fully saturated rings. The predicted molar refractivity (Wildman–Crippen MR) is 26.2 cm³/mol.